The molecule has 3 N–H and O–H groups in total. The van der Waals surface area contributed by atoms with E-state index in [1.807, 2.05) is 0 Å². The predicted molar refractivity (Wildman–Crippen MR) is 81.3 cm³/mol. The lowest BCUT2D eigenvalue weighted by Gasteiger charge is -2.06. The minimum Gasteiger partial charge on any atom is -0.465 e. The minimum absolute atomic E-state index is 0.0398. The van der Waals surface area contributed by atoms with Gasteiger partial charge >= 0.3 is 6.09 Å². The van der Waals surface area contributed by atoms with E-state index < -0.39 is 17.8 Å². The molecule has 0 aliphatic heterocycles. The Hall–Kier alpha value is -2.55. The lowest BCUT2D eigenvalue weighted by atomic mass is 10.1. The summed E-state index contributed by atoms with van der Waals surface area (Å²) in [6, 6.07) is 4.04. The summed E-state index contributed by atoms with van der Waals surface area (Å²) in [6.45, 7) is 1.75. The third kappa shape index (κ3) is 3.45. The van der Waals surface area contributed by atoms with Gasteiger partial charge in [0, 0.05) is 12.0 Å². The first-order valence-corrected chi connectivity index (χ1v) is 7.66. The van der Waals surface area contributed by atoms with Crippen LogP contribution in [0.4, 0.5) is 14.3 Å². The summed E-state index contributed by atoms with van der Waals surface area (Å²) in [5.41, 5.74) is 0.625. The van der Waals surface area contributed by atoms with Crippen LogP contribution >= 0.6 is 11.3 Å². The summed E-state index contributed by atoms with van der Waals surface area (Å²) in [6.07, 6.45) is -0.460. The number of aryl methyl sites for hydroxylation is 1. The molecule has 1 aliphatic rings. The van der Waals surface area contributed by atoms with Gasteiger partial charge in [-0.3, -0.25) is 10.1 Å². The molecule has 0 saturated heterocycles. The number of anilines is 1. The highest BCUT2D eigenvalue weighted by Gasteiger charge is 2.40. The second-order valence-electron chi connectivity index (χ2n) is 5.22. The zero-order valence-electron chi connectivity index (χ0n) is 12.0. The van der Waals surface area contributed by atoms with Gasteiger partial charge in [0.1, 0.15) is 10.8 Å². The smallest absolute Gasteiger partial charge is 0.404 e. The molecule has 1 aromatic carbocycles. The van der Waals surface area contributed by atoms with Gasteiger partial charge in [0.15, 0.2) is 0 Å². The maximum Gasteiger partial charge on any atom is 0.404 e. The van der Waals surface area contributed by atoms with Crippen LogP contribution in [-0.2, 0) is 0 Å². The Kier molecular flexibility index (Phi) is 3.95. The van der Waals surface area contributed by atoms with E-state index in [1.165, 1.54) is 23.5 Å². The second kappa shape index (κ2) is 5.92. The van der Waals surface area contributed by atoms with Crippen molar-refractivity contribution in [3.8, 4) is 0 Å². The average molecular weight is 336 g/mol. The number of benzene rings is 1. The zero-order valence-corrected chi connectivity index (χ0v) is 12.9. The Morgan fingerprint density at radius 1 is 1.39 bits per heavy atom. The largest absolute Gasteiger partial charge is 0.465 e. The van der Waals surface area contributed by atoms with E-state index in [4.69, 9.17) is 5.11 Å². The molecule has 3 rings (SSSR count). The predicted octanol–water partition coefficient (Wildman–Crippen LogP) is 2.36. The molecular weight excluding hydrogens is 323 g/mol. The average Bonchev–Trinajstić information content (AvgIpc) is 3.11. The Morgan fingerprint density at radius 3 is 2.83 bits per heavy atom. The molecule has 23 heavy (non-hydrogen) atoms. The molecule has 0 bridgehead atoms. The van der Waals surface area contributed by atoms with Gasteiger partial charge in [-0.15, -0.1) is 10.2 Å². The van der Waals surface area contributed by atoms with Crippen molar-refractivity contribution in [1.82, 2.24) is 15.5 Å². The van der Waals surface area contributed by atoms with E-state index in [0.717, 1.165) is 5.56 Å². The third-order valence-corrected chi connectivity index (χ3v) is 4.26. The fraction of sp³-hybridized carbons (Fsp3) is 0.286. The molecule has 1 saturated carbocycles. The summed E-state index contributed by atoms with van der Waals surface area (Å²) in [4.78, 5) is 22.8. The van der Waals surface area contributed by atoms with Gasteiger partial charge in [-0.2, -0.15) is 0 Å². The number of carbonyl (C=O) groups excluding carboxylic acids is 1. The van der Waals surface area contributed by atoms with Crippen molar-refractivity contribution in [3.63, 3.8) is 0 Å². The Balaban J connectivity index is 1.75. The van der Waals surface area contributed by atoms with Crippen LogP contribution in [0.5, 0.6) is 0 Å². The van der Waals surface area contributed by atoms with E-state index in [1.54, 1.807) is 13.0 Å². The van der Waals surface area contributed by atoms with E-state index in [2.05, 4.69) is 20.8 Å². The summed E-state index contributed by atoms with van der Waals surface area (Å²) < 4.78 is 13.9. The summed E-state index contributed by atoms with van der Waals surface area (Å²) in [5, 5.41) is 22.1. The van der Waals surface area contributed by atoms with Crippen LogP contribution in [0, 0.1) is 12.7 Å². The quantitative estimate of drug-likeness (QED) is 0.795. The number of nitrogens with zero attached hydrogens (tertiary/aromatic N) is 2. The van der Waals surface area contributed by atoms with Crippen molar-refractivity contribution >= 4 is 28.5 Å². The van der Waals surface area contributed by atoms with Crippen molar-refractivity contribution in [2.45, 2.75) is 25.3 Å². The van der Waals surface area contributed by atoms with E-state index in [0.29, 0.717) is 16.6 Å². The van der Waals surface area contributed by atoms with Gasteiger partial charge in [-0.1, -0.05) is 17.4 Å². The lowest BCUT2D eigenvalue weighted by Crippen LogP contribution is -2.24. The van der Waals surface area contributed by atoms with Crippen LogP contribution in [0.25, 0.3) is 0 Å². The molecule has 7 nitrogen and oxygen atoms in total. The zero-order chi connectivity index (χ0) is 16.6. The Morgan fingerprint density at radius 2 is 2.17 bits per heavy atom. The van der Waals surface area contributed by atoms with Crippen LogP contribution in [-0.4, -0.2) is 33.3 Å². The number of carboxylic acid groups (broad SMARTS) is 1. The van der Waals surface area contributed by atoms with Gasteiger partial charge in [0.2, 0.25) is 5.13 Å². The maximum atomic E-state index is 13.9. The molecule has 1 heterocycles. The normalized spacial score (nSPS) is 19.2. The molecule has 2 aromatic rings. The molecular formula is C14H13FN4O3S. The number of amides is 2. The van der Waals surface area contributed by atoms with E-state index in [-0.39, 0.29) is 17.5 Å². The fourth-order valence-corrected chi connectivity index (χ4v) is 2.93. The minimum atomic E-state index is -1.09. The van der Waals surface area contributed by atoms with Gasteiger partial charge in [-0.05, 0) is 31.0 Å². The first kappa shape index (κ1) is 15.3. The molecule has 120 valence electrons. The third-order valence-electron chi connectivity index (χ3n) is 3.51. The van der Waals surface area contributed by atoms with Gasteiger partial charge in [0.25, 0.3) is 5.91 Å². The number of halogens is 1. The van der Waals surface area contributed by atoms with Crippen LogP contribution in [0.3, 0.4) is 0 Å². The molecule has 2 atom stereocenters. The monoisotopic (exact) mass is 336 g/mol. The molecule has 0 radical (unpaired) electrons. The highest BCUT2D eigenvalue weighted by molar-refractivity contribution is 7.15. The first-order chi connectivity index (χ1) is 10.9. The van der Waals surface area contributed by atoms with Crippen LogP contribution < -0.4 is 10.6 Å². The van der Waals surface area contributed by atoms with Gasteiger partial charge < -0.3 is 10.4 Å². The van der Waals surface area contributed by atoms with Crippen LogP contribution in [0.2, 0.25) is 0 Å². The van der Waals surface area contributed by atoms with E-state index >= 15 is 0 Å². The Bertz CT molecular complexity index is 779. The number of hydrogen-bond donors (Lipinski definition) is 3. The molecule has 0 unspecified atom stereocenters. The number of rotatable bonds is 4. The van der Waals surface area contributed by atoms with Crippen molar-refractivity contribution in [3.05, 3.63) is 40.2 Å². The molecule has 1 aromatic heterocycles. The van der Waals surface area contributed by atoms with Crippen molar-refractivity contribution in [1.29, 1.82) is 0 Å². The van der Waals surface area contributed by atoms with Crippen molar-refractivity contribution in [2.75, 3.05) is 5.32 Å². The SMILES string of the molecule is Cc1nnc(NC(=O)c2cc([C@@H]3C[C@H]3NC(=O)O)ccc2F)s1. The van der Waals surface area contributed by atoms with Gasteiger partial charge in [-0.25, -0.2) is 9.18 Å². The van der Waals surface area contributed by atoms with Crippen LogP contribution in [0.1, 0.15) is 33.3 Å². The maximum absolute atomic E-state index is 13.9. The summed E-state index contributed by atoms with van der Waals surface area (Å²) in [7, 11) is 0. The standard InChI is InChI=1S/C14H13FN4O3S/c1-6-18-19-13(23-6)17-12(20)9-4-7(2-3-10(9)15)8-5-11(8)16-14(21)22/h2-4,8,11,16H,5H2,1H3,(H,21,22)(H,17,19,20)/t8-,11+/m0/s1. The van der Waals surface area contributed by atoms with Gasteiger partial charge in [0.05, 0.1) is 5.56 Å². The number of nitrogens with one attached hydrogen (secondary N) is 2. The highest BCUT2D eigenvalue weighted by atomic mass is 32.1. The lowest BCUT2D eigenvalue weighted by molar-refractivity contribution is 0.102. The highest BCUT2D eigenvalue weighted by Crippen LogP contribution is 2.41. The summed E-state index contributed by atoms with van der Waals surface area (Å²) >= 11 is 1.19. The molecule has 0 spiro atoms. The van der Waals surface area contributed by atoms with Crippen molar-refractivity contribution < 1.29 is 19.1 Å². The van der Waals surface area contributed by atoms with Crippen LogP contribution in [0.15, 0.2) is 18.2 Å². The molecule has 1 aliphatic carbocycles. The Labute approximate surface area is 134 Å². The molecule has 1 fully saturated rings. The first-order valence-electron chi connectivity index (χ1n) is 6.84. The van der Waals surface area contributed by atoms with E-state index in [9.17, 15) is 14.0 Å². The topological polar surface area (TPSA) is 104 Å². The number of aromatic nitrogens is 2. The number of carbonyl (C=O) groups is 2. The fourth-order valence-electron chi connectivity index (χ4n) is 2.34. The summed E-state index contributed by atoms with van der Waals surface area (Å²) in [5.74, 6) is -1.29. The number of hydrogen-bond acceptors (Lipinski definition) is 5. The molecule has 9 heteroatoms. The van der Waals surface area contributed by atoms with Crippen molar-refractivity contribution in [2.24, 2.45) is 0 Å². The molecule has 2 amide bonds. The second-order valence-corrected chi connectivity index (χ2v) is 6.40.